The lowest BCUT2D eigenvalue weighted by Gasteiger charge is -2.33. The molecule has 2 heterocycles. The summed E-state index contributed by atoms with van der Waals surface area (Å²) in [4.78, 5) is 14.3. The zero-order valence-electron chi connectivity index (χ0n) is 15.7. The quantitative estimate of drug-likeness (QED) is 0.610. The number of benzene rings is 2. The van der Waals surface area contributed by atoms with Gasteiger partial charge in [-0.05, 0) is 24.3 Å². The molecule has 7 nitrogen and oxygen atoms in total. The van der Waals surface area contributed by atoms with Gasteiger partial charge in [0, 0.05) is 32.2 Å². The summed E-state index contributed by atoms with van der Waals surface area (Å²) in [5.41, 5.74) is 0.246. The molecule has 4 rings (SSSR count). The number of amides is 1. The second-order valence-corrected chi connectivity index (χ2v) is 9.00. The van der Waals surface area contributed by atoms with Gasteiger partial charge in [-0.1, -0.05) is 41.0 Å². The molecule has 0 saturated carbocycles. The number of carbonyl (C=O) groups excluding carboxylic acids is 1. The van der Waals surface area contributed by atoms with Crippen LogP contribution in [0.15, 0.2) is 64.0 Å². The SMILES string of the molecule is O=C(c1cc(-c2ccccc2F)on1)N1CCN(S(=O)(=O)c2ccccc2Cl)CC1. The van der Waals surface area contributed by atoms with Crippen LogP contribution in [0.5, 0.6) is 0 Å². The maximum atomic E-state index is 13.9. The third kappa shape index (κ3) is 3.83. The third-order valence-electron chi connectivity index (χ3n) is 4.85. The fourth-order valence-electron chi connectivity index (χ4n) is 3.25. The smallest absolute Gasteiger partial charge is 0.276 e. The van der Waals surface area contributed by atoms with Crippen molar-refractivity contribution in [3.63, 3.8) is 0 Å². The Morgan fingerprint density at radius 3 is 2.40 bits per heavy atom. The topological polar surface area (TPSA) is 83.7 Å². The molecule has 0 N–H and O–H groups in total. The fourth-order valence-corrected chi connectivity index (χ4v) is 5.17. The van der Waals surface area contributed by atoms with Crippen LogP contribution in [0.4, 0.5) is 4.39 Å². The van der Waals surface area contributed by atoms with E-state index in [1.165, 1.54) is 39.5 Å². The molecule has 1 saturated heterocycles. The van der Waals surface area contributed by atoms with Gasteiger partial charge in [0.25, 0.3) is 5.91 Å². The molecule has 0 bridgehead atoms. The summed E-state index contributed by atoms with van der Waals surface area (Å²) in [5.74, 6) is -0.737. The largest absolute Gasteiger partial charge is 0.355 e. The minimum absolute atomic E-state index is 0.0377. The molecule has 3 aromatic rings. The van der Waals surface area contributed by atoms with Crippen molar-refractivity contribution in [2.24, 2.45) is 0 Å². The van der Waals surface area contributed by atoms with Gasteiger partial charge in [0.2, 0.25) is 10.0 Å². The van der Waals surface area contributed by atoms with Crippen molar-refractivity contribution in [2.75, 3.05) is 26.2 Å². The van der Waals surface area contributed by atoms with E-state index < -0.39 is 21.7 Å². The van der Waals surface area contributed by atoms with Gasteiger partial charge in [-0.2, -0.15) is 4.31 Å². The number of halogens is 2. The molecule has 0 atom stereocenters. The Morgan fingerprint density at radius 1 is 1.03 bits per heavy atom. The van der Waals surface area contributed by atoms with Crippen molar-refractivity contribution >= 4 is 27.5 Å². The van der Waals surface area contributed by atoms with Crippen LogP contribution in [0.3, 0.4) is 0 Å². The molecule has 0 radical (unpaired) electrons. The molecule has 1 aliphatic heterocycles. The number of hydrogen-bond acceptors (Lipinski definition) is 5. The molecular weight excluding hydrogens is 433 g/mol. The zero-order valence-corrected chi connectivity index (χ0v) is 17.2. The van der Waals surface area contributed by atoms with Gasteiger partial charge in [0.1, 0.15) is 10.7 Å². The van der Waals surface area contributed by atoms with Gasteiger partial charge < -0.3 is 9.42 Å². The van der Waals surface area contributed by atoms with Crippen LogP contribution in [-0.4, -0.2) is 54.9 Å². The molecule has 1 amide bonds. The summed E-state index contributed by atoms with van der Waals surface area (Å²) in [5, 5.41) is 3.91. The second-order valence-electron chi connectivity index (χ2n) is 6.68. The Hall–Kier alpha value is -2.75. The highest BCUT2D eigenvalue weighted by Crippen LogP contribution is 2.26. The van der Waals surface area contributed by atoms with Crippen LogP contribution in [0, 0.1) is 5.82 Å². The van der Waals surface area contributed by atoms with E-state index in [9.17, 15) is 17.6 Å². The van der Waals surface area contributed by atoms with E-state index in [1.54, 1.807) is 24.3 Å². The number of carbonyl (C=O) groups is 1. The van der Waals surface area contributed by atoms with Crippen LogP contribution in [0.2, 0.25) is 5.02 Å². The number of piperazine rings is 1. The predicted octanol–water partition coefficient (Wildman–Crippen LogP) is 3.28. The van der Waals surface area contributed by atoms with E-state index in [0.29, 0.717) is 0 Å². The van der Waals surface area contributed by atoms with E-state index in [2.05, 4.69) is 5.16 Å². The molecule has 2 aromatic carbocycles. The lowest BCUT2D eigenvalue weighted by Crippen LogP contribution is -2.50. The van der Waals surface area contributed by atoms with Crippen molar-refractivity contribution in [3.05, 3.63) is 71.1 Å². The summed E-state index contributed by atoms with van der Waals surface area (Å²) in [6.07, 6.45) is 0. The molecule has 1 aromatic heterocycles. The normalized spacial score (nSPS) is 15.3. The first kappa shape index (κ1) is 20.5. The number of hydrogen-bond donors (Lipinski definition) is 0. The lowest BCUT2D eigenvalue weighted by atomic mass is 10.1. The Bertz CT molecular complexity index is 1190. The summed E-state index contributed by atoms with van der Waals surface area (Å²) in [6, 6.07) is 13.6. The van der Waals surface area contributed by atoms with Crippen molar-refractivity contribution in [2.45, 2.75) is 4.90 Å². The van der Waals surface area contributed by atoms with Crippen LogP contribution >= 0.6 is 11.6 Å². The number of rotatable bonds is 4. The molecule has 1 fully saturated rings. The maximum absolute atomic E-state index is 13.9. The average Bonchev–Trinajstić information content (AvgIpc) is 3.24. The summed E-state index contributed by atoms with van der Waals surface area (Å²) >= 11 is 6.04. The first-order valence-corrected chi connectivity index (χ1v) is 11.0. The molecule has 10 heteroatoms. The van der Waals surface area contributed by atoms with Crippen molar-refractivity contribution < 1.29 is 22.1 Å². The highest BCUT2D eigenvalue weighted by Gasteiger charge is 2.32. The van der Waals surface area contributed by atoms with E-state index >= 15 is 0 Å². The van der Waals surface area contributed by atoms with Gasteiger partial charge in [-0.25, -0.2) is 12.8 Å². The Kier molecular flexibility index (Phi) is 5.59. The van der Waals surface area contributed by atoms with Gasteiger partial charge in [-0.15, -0.1) is 0 Å². The first-order chi connectivity index (χ1) is 14.4. The maximum Gasteiger partial charge on any atom is 0.276 e. The van der Waals surface area contributed by atoms with Gasteiger partial charge in [0.15, 0.2) is 11.5 Å². The molecule has 1 aliphatic rings. The average molecular weight is 450 g/mol. The van der Waals surface area contributed by atoms with E-state index in [4.69, 9.17) is 16.1 Å². The van der Waals surface area contributed by atoms with E-state index in [-0.39, 0.29) is 53.1 Å². The van der Waals surface area contributed by atoms with E-state index in [1.807, 2.05) is 0 Å². The number of aromatic nitrogens is 1. The lowest BCUT2D eigenvalue weighted by molar-refractivity contribution is 0.0687. The number of nitrogens with zero attached hydrogens (tertiary/aromatic N) is 3. The molecule has 0 unspecified atom stereocenters. The summed E-state index contributed by atoms with van der Waals surface area (Å²) < 4.78 is 46.0. The Balaban J connectivity index is 1.45. The van der Waals surface area contributed by atoms with Crippen molar-refractivity contribution in [1.82, 2.24) is 14.4 Å². The summed E-state index contributed by atoms with van der Waals surface area (Å²) in [6.45, 7) is 0.615. The minimum Gasteiger partial charge on any atom is -0.355 e. The minimum atomic E-state index is -3.76. The third-order valence-corrected chi connectivity index (χ3v) is 7.25. The zero-order chi connectivity index (χ0) is 21.3. The van der Waals surface area contributed by atoms with Crippen molar-refractivity contribution in [3.8, 4) is 11.3 Å². The molecule has 0 aliphatic carbocycles. The second kappa shape index (κ2) is 8.17. The van der Waals surface area contributed by atoms with Gasteiger partial charge >= 0.3 is 0 Å². The Morgan fingerprint density at radius 2 is 1.70 bits per heavy atom. The van der Waals surface area contributed by atoms with Crippen LogP contribution in [0.25, 0.3) is 11.3 Å². The van der Waals surface area contributed by atoms with Crippen LogP contribution in [-0.2, 0) is 10.0 Å². The fraction of sp³-hybridized carbons (Fsp3) is 0.200. The summed E-state index contributed by atoms with van der Waals surface area (Å²) in [7, 11) is -3.76. The molecule has 0 spiro atoms. The van der Waals surface area contributed by atoms with Crippen LogP contribution < -0.4 is 0 Å². The monoisotopic (exact) mass is 449 g/mol. The molecule has 156 valence electrons. The van der Waals surface area contributed by atoms with E-state index in [0.717, 1.165) is 0 Å². The first-order valence-electron chi connectivity index (χ1n) is 9.13. The molecular formula is C20H17ClFN3O4S. The highest BCUT2D eigenvalue weighted by molar-refractivity contribution is 7.89. The van der Waals surface area contributed by atoms with Crippen molar-refractivity contribution in [1.29, 1.82) is 0 Å². The van der Waals surface area contributed by atoms with Crippen LogP contribution in [0.1, 0.15) is 10.5 Å². The number of sulfonamides is 1. The highest BCUT2D eigenvalue weighted by atomic mass is 35.5. The van der Waals surface area contributed by atoms with Gasteiger partial charge in [0.05, 0.1) is 10.6 Å². The Labute approximate surface area is 177 Å². The van der Waals surface area contributed by atoms with Gasteiger partial charge in [-0.3, -0.25) is 4.79 Å². The predicted molar refractivity (Wildman–Crippen MR) is 108 cm³/mol. The standard InChI is InChI=1S/C20H17ClFN3O4S/c21-15-6-2-4-8-19(15)30(27,28)25-11-9-24(10-12-25)20(26)17-13-18(29-23-17)14-5-1-3-7-16(14)22/h1-8,13H,9-12H2. The molecule has 30 heavy (non-hydrogen) atoms.